The van der Waals surface area contributed by atoms with Crippen molar-refractivity contribution in [1.29, 1.82) is 0 Å². The zero-order valence-electron chi connectivity index (χ0n) is 14.5. The Kier molecular flexibility index (Phi) is 5.52. The van der Waals surface area contributed by atoms with Crippen LogP contribution >= 0.6 is 11.8 Å². The molecule has 8 heteroatoms. The van der Waals surface area contributed by atoms with Crippen LogP contribution in [0.25, 0.3) is 0 Å². The van der Waals surface area contributed by atoms with Crippen LogP contribution in [0.3, 0.4) is 0 Å². The molecule has 0 N–H and O–H groups in total. The second-order valence-electron chi connectivity index (χ2n) is 5.72. The minimum Gasteiger partial charge on any atom is -0.485 e. The second-order valence-corrected chi connectivity index (χ2v) is 6.67. The first-order valence-electron chi connectivity index (χ1n) is 7.97. The minimum atomic E-state index is -0.402. The molecule has 26 heavy (non-hydrogen) atoms. The highest BCUT2D eigenvalue weighted by Gasteiger charge is 2.11. The number of hydrogen-bond acceptors (Lipinski definition) is 6. The number of aromatic nitrogens is 3. The molecular formula is C18H18N4O3S. The first kappa shape index (κ1) is 17.9. The van der Waals surface area contributed by atoms with Gasteiger partial charge in [0, 0.05) is 24.9 Å². The fourth-order valence-corrected chi connectivity index (χ4v) is 3.20. The van der Waals surface area contributed by atoms with Crippen LogP contribution < -0.4 is 4.74 Å². The Morgan fingerprint density at radius 3 is 2.58 bits per heavy atom. The molecule has 3 rings (SSSR count). The molecule has 134 valence electrons. The van der Waals surface area contributed by atoms with Gasteiger partial charge < -0.3 is 9.30 Å². The monoisotopic (exact) mass is 370 g/mol. The molecule has 0 atom stereocenters. The van der Waals surface area contributed by atoms with Crippen LogP contribution in [0.2, 0.25) is 0 Å². The number of nitro groups is 1. The molecule has 7 nitrogen and oxygen atoms in total. The first-order valence-corrected chi connectivity index (χ1v) is 8.96. The first-order chi connectivity index (χ1) is 12.5. The SMILES string of the molecule is Cc1ccccc1OCc1nnc(SCc2ccc([N+](=O)[O-])cc2)n1C. The van der Waals surface area contributed by atoms with Gasteiger partial charge in [0.2, 0.25) is 0 Å². The number of hydrogen-bond donors (Lipinski definition) is 0. The molecule has 0 amide bonds. The number of thioether (sulfide) groups is 1. The van der Waals surface area contributed by atoms with Crippen LogP contribution in [0.1, 0.15) is 17.0 Å². The van der Waals surface area contributed by atoms with Crippen molar-refractivity contribution in [3.63, 3.8) is 0 Å². The second kappa shape index (κ2) is 8.01. The molecule has 0 aliphatic rings. The molecule has 0 bridgehead atoms. The van der Waals surface area contributed by atoms with Crippen molar-refractivity contribution in [2.24, 2.45) is 7.05 Å². The molecule has 0 fully saturated rings. The van der Waals surface area contributed by atoms with Crippen molar-refractivity contribution in [3.8, 4) is 5.75 Å². The van der Waals surface area contributed by atoms with Gasteiger partial charge in [-0.15, -0.1) is 10.2 Å². The van der Waals surface area contributed by atoms with Gasteiger partial charge in [0.1, 0.15) is 12.4 Å². The van der Waals surface area contributed by atoms with Crippen molar-refractivity contribution in [2.45, 2.75) is 24.4 Å². The zero-order valence-corrected chi connectivity index (χ0v) is 15.3. The Morgan fingerprint density at radius 2 is 1.88 bits per heavy atom. The maximum absolute atomic E-state index is 10.7. The van der Waals surface area contributed by atoms with E-state index >= 15 is 0 Å². The van der Waals surface area contributed by atoms with Crippen molar-refractivity contribution < 1.29 is 9.66 Å². The topological polar surface area (TPSA) is 83.1 Å². The number of rotatable bonds is 7. The zero-order chi connectivity index (χ0) is 18.5. The number of ether oxygens (including phenoxy) is 1. The normalized spacial score (nSPS) is 10.7. The lowest BCUT2D eigenvalue weighted by Crippen LogP contribution is -2.04. The molecule has 0 saturated heterocycles. The summed E-state index contributed by atoms with van der Waals surface area (Å²) in [6.07, 6.45) is 0. The number of aryl methyl sites for hydroxylation is 1. The summed E-state index contributed by atoms with van der Waals surface area (Å²) < 4.78 is 7.72. The van der Waals surface area contributed by atoms with Crippen LogP contribution in [0, 0.1) is 17.0 Å². The van der Waals surface area contributed by atoms with Crippen LogP contribution in [0.15, 0.2) is 53.7 Å². The third-order valence-electron chi connectivity index (χ3n) is 3.89. The van der Waals surface area contributed by atoms with E-state index in [1.165, 1.54) is 23.9 Å². The lowest BCUT2D eigenvalue weighted by atomic mass is 10.2. The fourth-order valence-electron chi connectivity index (χ4n) is 2.32. The van der Waals surface area contributed by atoms with E-state index in [0.29, 0.717) is 12.4 Å². The molecule has 0 spiro atoms. The molecule has 1 heterocycles. The molecule has 2 aromatic carbocycles. The van der Waals surface area contributed by atoms with E-state index in [4.69, 9.17) is 4.74 Å². The van der Waals surface area contributed by atoms with Crippen LogP contribution in [-0.4, -0.2) is 19.7 Å². The summed E-state index contributed by atoms with van der Waals surface area (Å²) in [6.45, 7) is 2.34. The summed E-state index contributed by atoms with van der Waals surface area (Å²) in [4.78, 5) is 10.3. The van der Waals surface area contributed by atoms with Gasteiger partial charge in [0.15, 0.2) is 11.0 Å². The standard InChI is InChI=1S/C18H18N4O3S/c1-13-5-3-4-6-16(13)25-11-17-19-20-18(21(17)2)26-12-14-7-9-15(10-8-14)22(23)24/h3-10H,11-12H2,1-2H3. The highest BCUT2D eigenvalue weighted by atomic mass is 32.2. The van der Waals surface area contributed by atoms with Crippen molar-refractivity contribution >= 4 is 17.4 Å². The Labute approximate surface area is 155 Å². The molecule has 0 saturated carbocycles. The third kappa shape index (κ3) is 4.20. The van der Waals surface area contributed by atoms with Gasteiger partial charge in [0.25, 0.3) is 5.69 Å². The maximum Gasteiger partial charge on any atom is 0.269 e. The highest BCUT2D eigenvalue weighted by molar-refractivity contribution is 7.98. The summed E-state index contributed by atoms with van der Waals surface area (Å²) in [5, 5.41) is 19.8. The van der Waals surface area contributed by atoms with Crippen molar-refractivity contribution in [3.05, 3.63) is 75.6 Å². The molecule has 0 aliphatic heterocycles. The lowest BCUT2D eigenvalue weighted by molar-refractivity contribution is -0.384. The van der Waals surface area contributed by atoms with Crippen molar-refractivity contribution in [2.75, 3.05) is 0 Å². The van der Waals surface area contributed by atoms with Gasteiger partial charge in [-0.05, 0) is 24.1 Å². The average molecular weight is 370 g/mol. The largest absolute Gasteiger partial charge is 0.485 e. The van der Waals surface area contributed by atoms with Crippen LogP contribution in [-0.2, 0) is 19.4 Å². The number of nitrogens with zero attached hydrogens (tertiary/aromatic N) is 4. The Hall–Kier alpha value is -2.87. The van der Waals surface area contributed by atoms with E-state index in [-0.39, 0.29) is 5.69 Å². The van der Waals surface area contributed by atoms with E-state index in [2.05, 4.69) is 10.2 Å². The Morgan fingerprint density at radius 1 is 1.15 bits per heavy atom. The van der Waals surface area contributed by atoms with Crippen molar-refractivity contribution in [1.82, 2.24) is 14.8 Å². The smallest absolute Gasteiger partial charge is 0.269 e. The highest BCUT2D eigenvalue weighted by Crippen LogP contribution is 2.23. The molecule has 0 radical (unpaired) electrons. The van der Waals surface area contributed by atoms with E-state index in [0.717, 1.165) is 27.9 Å². The summed E-state index contributed by atoms with van der Waals surface area (Å²) in [5.74, 6) is 2.22. The summed E-state index contributed by atoms with van der Waals surface area (Å²) >= 11 is 1.52. The Bertz CT molecular complexity index is 909. The van der Waals surface area contributed by atoms with Gasteiger partial charge in [-0.1, -0.05) is 42.1 Å². The average Bonchev–Trinajstić information content (AvgIpc) is 2.99. The summed E-state index contributed by atoms with van der Waals surface area (Å²) in [7, 11) is 1.90. The van der Waals surface area contributed by atoms with Crippen LogP contribution in [0.4, 0.5) is 5.69 Å². The number of para-hydroxylation sites is 1. The van der Waals surface area contributed by atoms with E-state index in [9.17, 15) is 10.1 Å². The van der Waals surface area contributed by atoms with E-state index in [1.807, 2.05) is 42.8 Å². The predicted molar refractivity (Wildman–Crippen MR) is 99.2 cm³/mol. The van der Waals surface area contributed by atoms with Gasteiger partial charge >= 0.3 is 0 Å². The third-order valence-corrected chi connectivity index (χ3v) is 4.98. The number of nitro benzene ring substituents is 1. The molecule has 1 aromatic heterocycles. The fraction of sp³-hybridized carbons (Fsp3) is 0.222. The summed E-state index contributed by atoms with van der Waals surface area (Å²) in [5.41, 5.74) is 2.15. The van der Waals surface area contributed by atoms with Crippen LogP contribution in [0.5, 0.6) is 5.75 Å². The molecule has 0 aliphatic carbocycles. The summed E-state index contributed by atoms with van der Waals surface area (Å²) in [6, 6.07) is 14.4. The van der Waals surface area contributed by atoms with Gasteiger partial charge in [-0.3, -0.25) is 10.1 Å². The molecule has 0 unspecified atom stereocenters. The van der Waals surface area contributed by atoms with Gasteiger partial charge in [-0.25, -0.2) is 0 Å². The van der Waals surface area contributed by atoms with E-state index in [1.54, 1.807) is 12.1 Å². The predicted octanol–water partition coefficient (Wildman–Crippen LogP) is 3.90. The maximum atomic E-state index is 10.7. The lowest BCUT2D eigenvalue weighted by Gasteiger charge is -2.08. The Balaban J connectivity index is 1.60. The van der Waals surface area contributed by atoms with Gasteiger partial charge in [-0.2, -0.15) is 0 Å². The molecule has 3 aromatic rings. The number of benzene rings is 2. The minimum absolute atomic E-state index is 0.0908. The molecular weight excluding hydrogens is 352 g/mol. The van der Waals surface area contributed by atoms with E-state index < -0.39 is 4.92 Å². The van der Waals surface area contributed by atoms with Gasteiger partial charge in [0.05, 0.1) is 4.92 Å². The number of non-ortho nitro benzene ring substituents is 1. The quantitative estimate of drug-likeness (QED) is 0.356.